The van der Waals surface area contributed by atoms with Crippen LogP contribution in [0.15, 0.2) is 71.1 Å². The van der Waals surface area contributed by atoms with Crippen LogP contribution in [0, 0.1) is 0 Å². The summed E-state index contributed by atoms with van der Waals surface area (Å²) in [5.74, 6) is 0.646. The molecule has 4 heteroatoms. The number of aryl methyl sites for hydroxylation is 1. The van der Waals surface area contributed by atoms with Crippen LogP contribution >= 0.6 is 0 Å². The second kappa shape index (κ2) is 10.3. The van der Waals surface area contributed by atoms with Crippen LogP contribution in [0.2, 0.25) is 0 Å². The molecule has 1 unspecified atom stereocenters. The maximum absolute atomic E-state index is 4.35. The Labute approximate surface area is 217 Å². The Bertz CT molecular complexity index is 1170. The normalized spacial score (nSPS) is 24.0. The molecular weight excluding hydrogens is 440 g/mol. The van der Waals surface area contributed by atoms with E-state index in [4.69, 9.17) is 0 Å². The van der Waals surface area contributed by atoms with Gasteiger partial charge < -0.3 is 15.5 Å². The van der Waals surface area contributed by atoms with Gasteiger partial charge >= 0.3 is 0 Å². The van der Waals surface area contributed by atoms with E-state index in [9.17, 15) is 0 Å². The first kappa shape index (κ1) is 24.8. The van der Waals surface area contributed by atoms with Crippen LogP contribution in [0.5, 0.6) is 0 Å². The molecule has 2 N–H and O–H groups in total. The minimum absolute atomic E-state index is 0.200. The van der Waals surface area contributed by atoms with E-state index in [1.54, 1.807) is 5.56 Å². The van der Waals surface area contributed by atoms with E-state index < -0.39 is 0 Å². The number of nitrogens with zero attached hydrogens (tertiary/aromatic N) is 2. The Morgan fingerprint density at radius 1 is 1.22 bits per heavy atom. The zero-order chi connectivity index (χ0) is 25.3. The molecule has 5 rings (SSSR count). The van der Waals surface area contributed by atoms with Crippen LogP contribution in [0.3, 0.4) is 0 Å². The molecule has 1 atom stereocenters. The summed E-state index contributed by atoms with van der Waals surface area (Å²) in [7, 11) is 2.25. The number of rotatable bonds is 9. The lowest BCUT2D eigenvalue weighted by molar-refractivity contribution is 0.271. The Morgan fingerprint density at radius 2 is 2.03 bits per heavy atom. The molecular formula is C32H42N4. The van der Waals surface area contributed by atoms with E-state index >= 15 is 0 Å². The van der Waals surface area contributed by atoms with Crippen molar-refractivity contribution in [2.75, 3.05) is 13.6 Å². The minimum Gasteiger partial charge on any atom is -0.383 e. The smallest absolute Gasteiger partial charge is 0.101 e. The molecule has 2 fully saturated rings. The average molecular weight is 483 g/mol. The van der Waals surface area contributed by atoms with Crippen LogP contribution in [-0.2, 0) is 18.4 Å². The fourth-order valence-electron chi connectivity index (χ4n) is 6.17. The molecule has 2 aromatic rings. The molecule has 1 heterocycles. The number of fused-ring (bicyclic) bond motifs is 2. The zero-order valence-corrected chi connectivity index (χ0v) is 22.5. The predicted molar refractivity (Wildman–Crippen MR) is 151 cm³/mol. The van der Waals surface area contributed by atoms with Gasteiger partial charge in [-0.25, -0.2) is 0 Å². The fraction of sp³-hybridized carbons (Fsp3) is 0.469. The molecule has 3 aliphatic rings. The van der Waals surface area contributed by atoms with Gasteiger partial charge in [0.25, 0.3) is 0 Å². The first-order chi connectivity index (χ1) is 17.4. The molecule has 4 nitrogen and oxygen atoms in total. The molecule has 0 radical (unpaired) electrons. The molecule has 36 heavy (non-hydrogen) atoms. The number of allylic oxidation sites excluding steroid dienone is 1. The van der Waals surface area contributed by atoms with Crippen molar-refractivity contribution in [2.24, 2.45) is 4.99 Å². The Kier molecular flexibility index (Phi) is 7.07. The molecule has 2 aliphatic carbocycles. The van der Waals surface area contributed by atoms with E-state index in [1.807, 2.05) is 6.20 Å². The van der Waals surface area contributed by atoms with Crippen molar-refractivity contribution >= 4 is 6.72 Å². The van der Waals surface area contributed by atoms with E-state index in [-0.39, 0.29) is 6.04 Å². The molecule has 190 valence electrons. The number of likely N-dealkylation sites (N-methyl/N-ethyl adjacent to an activating group) is 1. The third-order valence-corrected chi connectivity index (χ3v) is 8.60. The number of hydrogen-bond acceptors (Lipinski definition) is 4. The summed E-state index contributed by atoms with van der Waals surface area (Å²) >= 11 is 0. The Hall–Kier alpha value is -2.85. The third kappa shape index (κ3) is 5.01. The second-order valence-corrected chi connectivity index (χ2v) is 11.3. The lowest BCUT2D eigenvalue weighted by Gasteiger charge is -2.37. The van der Waals surface area contributed by atoms with Crippen LogP contribution in [0.4, 0.5) is 0 Å². The van der Waals surface area contributed by atoms with Crippen LogP contribution in [-0.4, -0.2) is 31.3 Å². The summed E-state index contributed by atoms with van der Waals surface area (Å²) in [6.07, 6.45) is 10.2. The first-order valence-electron chi connectivity index (χ1n) is 13.7. The monoisotopic (exact) mass is 482 g/mol. The Balaban J connectivity index is 1.20. The first-order valence-corrected chi connectivity index (χ1v) is 13.7. The van der Waals surface area contributed by atoms with E-state index in [0.29, 0.717) is 17.4 Å². The summed E-state index contributed by atoms with van der Waals surface area (Å²) < 4.78 is 0. The number of nitrogens with one attached hydrogen (secondary N) is 2. The lowest BCUT2D eigenvalue weighted by atomic mass is 9.75. The highest BCUT2D eigenvalue weighted by atomic mass is 15.1. The van der Waals surface area contributed by atoms with Gasteiger partial charge in [-0.05, 0) is 93.5 Å². The van der Waals surface area contributed by atoms with Crippen molar-refractivity contribution in [3.05, 3.63) is 94.0 Å². The van der Waals surface area contributed by atoms with Crippen molar-refractivity contribution in [3.8, 4) is 0 Å². The highest BCUT2D eigenvalue weighted by molar-refractivity contribution is 5.44. The third-order valence-electron chi connectivity index (χ3n) is 8.60. The number of aliphatic imine (C=N–C) groups is 1. The summed E-state index contributed by atoms with van der Waals surface area (Å²) in [4.78, 5) is 6.83. The largest absolute Gasteiger partial charge is 0.383 e. The van der Waals surface area contributed by atoms with Gasteiger partial charge in [-0.2, -0.15) is 0 Å². The summed E-state index contributed by atoms with van der Waals surface area (Å²) in [5, 5.41) is 7.31. The van der Waals surface area contributed by atoms with E-state index in [0.717, 1.165) is 37.2 Å². The standard InChI is InChI=1S/C32H42N4/c1-6-23-9-8-10-25(15-23)26-17-28(18-26)35-30(7-2)31(33-4)19-34-22(3)24-11-12-29-27(16-24)20-36(5)21-32(29)13-14-32/h7-12,15-16,19,22,26,28,34-35H,4,6,13-14,17-18,20-21H2,1-3,5H3/b30-7?,31-19-. The van der Waals surface area contributed by atoms with Crippen LogP contribution < -0.4 is 10.6 Å². The topological polar surface area (TPSA) is 39.7 Å². The fourth-order valence-corrected chi connectivity index (χ4v) is 6.17. The number of benzene rings is 2. The van der Waals surface area contributed by atoms with Crippen LogP contribution in [0.25, 0.3) is 0 Å². The highest BCUT2D eigenvalue weighted by Gasteiger charge is 2.48. The van der Waals surface area contributed by atoms with Gasteiger partial charge in [0, 0.05) is 36.8 Å². The maximum Gasteiger partial charge on any atom is 0.101 e. The second-order valence-electron chi connectivity index (χ2n) is 11.3. The molecule has 2 saturated carbocycles. The maximum atomic E-state index is 4.35. The van der Waals surface area contributed by atoms with Gasteiger partial charge in [0.2, 0.25) is 0 Å². The summed E-state index contributed by atoms with van der Waals surface area (Å²) in [5.41, 5.74) is 9.67. The van der Waals surface area contributed by atoms with Crippen molar-refractivity contribution in [1.29, 1.82) is 0 Å². The van der Waals surface area contributed by atoms with Gasteiger partial charge in [-0.1, -0.05) is 55.5 Å². The van der Waals surface area contributed by atoms with Gasteiger partial charge in [0.05, 0.1) is 5.70 Å². The van der Waals surface area contributed by atoms with Gasteiger partial charge in [0.1, 0.15) is 5.70 Å². The number of hydrogen-bond donors (Lipinski definition) is 2. The van der Waals surface area contributed by atoms with Gasteiger partial charge in [-0.15, -0.1) is 0 Å². The van der Waals surface area contributed by atoms with Crippen molar-refractivity contribution in [3.63, 3.8) is 0 Å². The van der Waals surface area contributed by atoms with Gasteiger partial charge in [-0.3, -0.25) is 4.99 Å². The predicted octanol–water partition coefficient (Wildman–Crippen LogP) is 6.36. The summed E-state index contributed by atoms with van der Waals surface area (Å²) in [6.45, 7) is 12.6. The average Bonchev–Trinajstić information content (AvgIpc) is 3.63. The zero-order valence-electron chi connectivity index (χ0n) is 22.5. The molecule has 0 saturated heterocycles. The SMILES string of the molecule is C=N/C(=C\NC(C)c1ccc2c(c1)CN(C)CC21CC1)C(=CC)NC1CC(c2cccc(CC)c2)C1. The Morgan fingerprint density at radius 3 is 2.72 bits per heavy atom. The van der Waals surface area contributed by atoms with E-state index in [1.165, 1.54) is 41.6 Å². The molecule has 0 amide bonds. The minimum atomic E-state index is 0.200. The summed E-state index contributed by atoms with van der Waals surface area (Å²) in [6, 6.07) is 16.9. The quantitative estimate of drug-likeness (QED) is 0.323. The molecule has 0 bridgehead atoms. The lowest BCUT2D eigenvalue weighted by Crippen LogP contribution is -2.40. The van der Waals surface area contributed by atoms with Crippen molar-refractivity contribution in [1.82, 2.24) is 15.5 Å². The molecule has 0 aromatic heterocycles. The highest BCUT2D eigenvalue weighted by Crippen LogP contribution is 2.52. The molecule has 1 spiro atoms. The van der Waals surface area contributed by atoms with Crippen molar-refractivity contribution < 1.29 is 0 Å². The van der Waals surface area contributed by atoms with Gasteiger partial charge in [0.15, 0.2) is 0 Å². The van der Waals surface area contributed by atoms with E-state index in [2.05, 4.69) is 104 Å². The van der Waals surface area contributed by atoms with Crippen LogP contribution in [0.1, 0.15) is 86.2 Å². The molecule has 1 aliphatic heterocycles. The van der Waals surface area contributed by atoms with Crippen molar-refractivity contribution in [2.45, 2.75) is 82.8 Å². The molecule has 2 aromatic carbocycles.